The molecule has 110 valence electrons. The second-order valence-electron chi connectivity index (χ2n) is 5.90. The van der Waals surface area contributed by atoms with Crippen molar-refractivity contribution in [1.82, 2.24) is 4.90 Å². The van der Waals surface area contributed by atoms with Gasteiger partial charge < -0.3 is 14.7 Å². The number of morpholine rings is 1. The van der Waals surface area contributed by atoms with Gasteiger partial charge in [0.2, 0.25) is 0 Å². The molecule has 2 aliphatic heterocycles. The van der Waals surface area contributed by atoms with Gasteiger partial charge in [0, 0.05) is 37.9 Å². The minimum atomic E-state index is -0.304. The lowest BCUT2D eigenvalue weighted by atomic mass is 10.1. The number of fused-ring (bicyclic) bond motifs is 1. The zero-order valence-electron chi connectivity index (χ0n) is 12.2. The molecule has 1 aromatic rings. The van der Waals surface area contributed by atoms with Crippen molar-refractivity contribution in [2.24, 2.45) is 0 Å². The maximum Gasteiger partial charge on any atom is 0.0841 e. The van der Waals surface area contributed by atoms with E-state index >= 15 is 0 Å². The normalized spacial score (nSPS) is 24.7. The molecule has 4 nitrogen and oxygen atoms in total. The molecule has 0 amide bonds. The molecule has 1 fully saturated rings. The number of para-hydroxylation sites is 1. The quantitative estimate of drug-likeness (QED) is 0.894. The molecule has 0 bridgehead atoms. The van der Waals surface area contributed by atoms with Crippen LogP contribution < -0.4 is 4.90 Å². The van der Waals surface area contributed by atoms with Crippen LogP contribution in [0.1, 0.15) is 12.5 Å². The summed E-state index contributed by atoms with van der Waals surface area (Å²) in [7, 11) is 0. The predicted molar refractivity (Wildman–Crippen MR) is 80.2 cm³/mol. The average Bonchev–Trinajstić information content (AvgIpc) is 2.76. The molecule has 0 aliphatic carbocycles. The first-order chi connectivity index (χ1) is 9.74. The second-order valence-corrected chi connectivity index (χ2v) is 5.90. The molecular formula is C16H24N2O2. The molecule has 20 heavy (non-hydrogen) atoms. The fourth-order valence-electron chi connectivity index (χ4n) is 3.27. The van der Waals surface area contributed by atoms with Crippen molar-refractivity contribution in [1.29, 1.82) is 0 Å². The summed E-state index contributed by atoms with van der Waals surface area (Å²) in [6.07, 6.45) is 0.780. The van der Waals surface area contributed by atoms with Crippen molar-refractivity contribution in [3.63, 3.8) is 0 Å². The Labute approximate surface area is 120 Å². The van der Waals surface area contributed by atoms with Gasteiger partial charge in [-0.1, -0.05) is 18.2 Å². The van der Waals surface area contributed by atoms with Gasteiger partial charge in [-0.25, -0.2) is 0 Å². The van der Waals surface area contributed by atoms with Gasteiger partial charge in [0.25, 0.3) is 0 Å². The van der Waals surface area contributed by atoms with E-state index in [1.165, 1.54) is 11.3 Å². The van der Waals surface area contributed by atoms with E-state index in [0.29, 0.717) is 6.04 Å². The number of rotatable bonds is 4. The first-order valence-electron chi connectivity index (χ1n) is 7.57. The van der Waals surface area contributed by atoms with Gasteiger partial charge in [-0.15, -0.1) is 0 Å². The van der Waals surface area contributed by atoms with Crippen molar-refractivity contribution < 1.29 is 9.84 Å². The SMILES string of the molecule is CC1Cc2ccccc2N1CC(O)CN1CCOCC1. The van der Waals surface area contributed by atoms with Gasteiger partial charge in [-0.2, -0.15) is 0 Å². The van der Waals surface area contributed by atoms with Crippen LogP contribution in [0.4, 0.5) is 5.69 Å². The van der Waals surface area contributed by atoms with Crippen LogP contribution in [0.2, 0.25) is 0 Å². The standard InChI is InChI=1S/C16H24N2O2/c1-13-10-14-4-2-3-5-16(14)18(13)12-15(19)11-17-6-8-20-9-7-17/h2-5,13,15,19H,6-12H2,1H3. The minimum Gasteiger partial charge on any atom is -0.390 e. The van der Waals surface area contributed by atoms with E-state index < -0.39 is 0 Å². The van der Waals surface area contributed by atoms with Gasteiger partial charge in [0.15, 0.2) is 0 Å². The number of β-amino-alcohol motifs (C(OH)–C–C–N with tert-alkyl or cyclic N) is 1. The van der Waals surface area contributed by atoms with E-state index in [9.17, 15) is 5.11 Å². The van der Waals surface area contributed by atoms with E-state index in [-0.39, 0.29) is 6.10 Å². The number of anilines is 1. The van der Waals surface area contributed by atoms with Crippen LogP contribution in [0.25, 0.3) is 0 Å². The third-order valence-electron chi connectivity index (χ3n) is 4.33. The highest BCUT2D eigenvalue weighted by atomic mass is 16.5. The van der Waals surface area contributed by atoms with Gasteiger partial charge in [0.05, 0.1) is 19.3 Å². The molecule has 2 heterocycles. The monoisotopic (exact) mass is 276 g/mol. The summed E-state index contributed by atoms with van der Waals surface area (Å²) >= 11 is 0. The van der Waals surface area contributed by atoms with E-state index in [1.807, 2.05) is 0 Å². The molecule has 2 atom stereocenters. The molecule has 0 radical (unpaired) electrons. The summed E-state index contributed by atoms with van der Waals surface area (Å²) in [6.45, 7) is 7.14. The van der Waals surface area contributed by atoms with E-state index in [1.54, 1.807) is 0 Å². The average molecular weight is 276 g/mol. The van der Waals surface area contributed by atoms with Crippen LogP contribution in [0.3, 0.4) is 0 Å². The predicted octanol–water partition coefficient (Wildman–Crippen LogP) is 1.13. The fraction of sp³-hybridized carbons (Fsp3) is 0.625. The Hall–Kier alpha value is -1.10. The highest BCUT2D eigenvalue weighted by Gasteiger charge is 2.27. The largest absolute Gasteiger partial charge is 0.390 e. The molecular weight excluding hydrogens is 252 g/mol. The summed E-state index contributed by atoms with van der Waals surface area (Å²) < 4.78 is 5.34. The summed E-state index contributed by atoms with van der Waals surface area (Å²) in [5, 5.41) is 10.4. The van der Waals surface area contributed by atoms with Crippen LogP contribution in [0.5, 0.6) is 0 Å². The number of ether oxygens (including phenoxy) is 1. The zero-order valence-corrected chi connectivity index (χ0v) is 12.2. The van der Waals surface area contributed by atoms with Gasteiger partial charge >= 0.3 is 0 Å². The molecule has 3 rings (SSSR count). The lowest BCUT2D eigenvalue weighted by Crippen LogP contribution is -2.45. The third kappa shape index (κ3) is 2.97. The van der Waals surface area contributed by atoms with Crippen LogP contribution in [0.15, 0.2) is 24.3 Å². The van der Waals surface area contributed by atoms with Gasteiger partial charge in [-0.05, 0) is 25.0 Å². The highest BCUT2D eigenvalue weighted by Crippen LogP contribution is 2.31. The molecule has 1 N–H and O–H groups in total. The molecule has 2 aliphatic rings. The van der Waals surface area contributed by atoms with Gasteiger partial charge in [0.1, 0.15) is 0 Å². The van der Waals surface area contributed by atoms with Crippen LogP contribution in [-0.4, -0.2) is 61.5 Å². The number of hydrogen-bond donors (Lipinski definition) is 1. The summed E-state index contributed by atoms with van der Waals surface area (Å²) in [5.74, 6) is 0. The lowest BCUT2D eigenvalue weighted by molar-refractivity contribution is 0.0159. The van der Waals surface area contributed by atoms with Crippen molar-refractivity contribution in [3.05, 3.63) is 29.8 Å². The Morgan fingerprint density at radius 2 is 2.00 bits per heavy atom. The Morgan fingerprint density at radius 3 is 2.80 bits per heavy atom. The van der Waals surface area contributed by atoms with E-state index in [2.05, 4.69) is 41.0 Å². The fourth-order valence-corrected chi connectivity index (χ4v) is 3.27. The molecule has 0 spiro atoms. The lowest BCUT2D eigenvalue weighted by Gasteiger charge is -2.32. The van der Waals surface area contributed by atoms with E-state index in [4.69, 9.17) is 4.74 Å². The van der Waals surface area contributed by atoms with Crippen molar-refractivity contribution in [2.75, 3.05) is 44.3 Å². The summed E-state index contributed by atoms with van der Waals surface area (Å²) in [5.41, 5.74) is 2.69. The third-order valence-corrected chi connectivity index (χ3v) is 4.33. The Morgan fingerprint density at radius 1 is 1.25 bits per heavy atom. The van der Waals surface area contributed by atoms with Crippen LogP contribution in [0, 0.1) is 0 Å². The molecule has 1 aromatic carbocycles. The number of aliphatic hydroxyl groups excluding tert-OH is 1. The topological polar surface area (TPSA) is 35.9 Å². The smallest absolute Gasteiger partial charge is 0.0841 e. The molecule has 0 saturated carbocycles. The Kier molecular flexibility index (Phi) is 4.24. The first kappa shape index (κ1) is 13.9. The highest BCUT2D eigenvalue weighted by molar-refractivity contribution is 5.59. The summed E-state index contributed by atoms with van der Waals surface area (Å²) in [6, 6.07) is 9.02. The van der Waals surface area contributed by atoms with Gasteiger partial charge in [-0.3, -0.25) is 4.90 Å². The number of hydrogen-bond acceptors (Lipinski definition) is 4. The Bertz CT molecular complexity index is 446. The molecule has 2 unspecified atom stereocenters. The molecule has 1 saturated heterocycles. The maximum absolute atomic E-state index is 10.4. The molecule has 4 heteroatoms. The van der Waals surface area contributed by atoms with E-state index in [0.717, 1.165) is 45.8 Å². The van der Waals surface area contributed by atoms with Crippen molar-refractivity contribution in [3.8, 4) is 0 Å². The first-order valence-corrected chi connectivity index (χ1v) is 7.57. The number of aliphatic hydroxyl groups is 1. The maximum atomic E-state index is 10.4. The van der Waals surface area contributed by atoms with Crippen LogP contribution >= 0.6 is 0 Å². The zero-order chi connectivity index (χ0) is 13.9. The van der Waals surface area contributed by atoms with Crippen LogP contribution in [-0.2, 0) is 11.2 Å². The number of benzene rings is 1. The second kappa shape index (κ2) is 6.12. The van der Waals surface area contributed by atoms with Crippen molar-refractivity contribution >= 4 is 5.69 Å². The Balaban J connectivity index is 1.59. The summed E-state index contributed by atoms with van der Waals surface area (Å²) in [4.78, 5) is 4.64. The number of nitrogens with zero attached hydrogens (tertiary/aromatic N) is 2. The minimum absolute atomic E-state index is 0.304. The van der Waals surface area contributed by atoms with Crippen molar-refractivity contribution in [2.45, 2.75) is 25.5 Å². The molecule has 0 aromatic heterocycles.